The quantitative estimate of drug-likeness (QED) is 0.767. The highest BCUT2D eigenvalue weighted by Crippen LogP contribution is 2.14. The van der Waals surface area contributed by atoms with Gasteiger partial charge < -0.3 is 15.3 Å². The van der Waals surface area contributed by atoms with E-state index in [4.69, 9.17) is 5.11 Å². The summed E-state index contributed by atoms with van der Waals surface area (Å²) < 4.78 is 0. The summed E-state index contributed by atoms with van der Waals surface area (Å²) in [4.78, 5) is 14.1. The lowest BCUT2D eigenvalue weighted by Gasteiger charge is -2.18. The second kappa shape index (κ2) is 8.59. The molecule has 0 aromatic heterocycles. The van der Waals surface area contributed by atoms with Gasteiger partial charge in [-0.3, -0.25) is 4.79 Å². The van der Waals surface area contributed by atoms with Crippen LogP contribution in [0.2, 0.25) is 0 Å². The van der Waals surface area contributed by atoms with E-state index >= 15 is 0 Å². The maximum absolute atomic E-state index is 12.0. The highest BCUT2D eigenvalue weighted by molar-refractivity contribution is 5.94. The Hall–Kier alpha value is -1.55. The number of nitrogens with one attached hydrogen (secondary N) is 1. The first-order valence-electron chi connectivity index (χ1n) is 7.28. The number of anilines is 1. The van der Waals surface area contributed by atoms with Gasteiger partial charge >= 0.3 is 0 Å². The standard InChI is InChI=1S/C16H26N2O2/c1-4-10-18(3)15-7-5-14(6-8-15)16(20)17-12-13(2)9-11-19/h5-8,13,19H,4,9-12H2,1-3H3,(H,17,20). The van der Waals surface area contributed by atoms with Gasteiger partial charge in [-0.2, -0.15) is 0 Å². The maximum Gasteiger partial charge on any atom is 0.251 e. The number of hydrogen-bond donors (Lipinski definition) is 2. The van der Waals surface area contributed by atoms with Crippen LogP contribution < -0.4 is 10.2 Å². The SMILES string of the molecule is CCCN(C)c1ccc(C(=O)NCC(C)CCO)cc1. The van der Waals surface area contributed by atoms with Crippen LogP contribution in [0.15, 0.2) is 24.3 Å². The van der Waals surface area contributed by atoms with Crippen LogP contribution in [0.5, 0.6) is 0 Å². The first kappa shape index (κ1) is 16.5. The summed E-state index contributed by atoms with van der Waals surface area (Å²) in [6, 6.07) is 7.66. The van der Waals surface area contributed by atoms with Crippen molar-refractivity contribution in [2.75, 3.05) is 31.6 Å². The molecule has 0 saturated heterocycles. The fourth-order valence-electron chi connectivity index (χ4n) is 2.02. The molecule has 0 aliphatic carbocycles. The van der Waals surface area contributed by atoms with Gasteiger partial charge in [0.25, 0.3) is 5.91 Å². The van der Waals surface area contributed by atoms with Crippen LogP contribution in [0.1, 0.15) is 37.0 Å². The van der Waals surface area contributed by atoms with Crippen molar-refractivity contribution < 1.29 is 9.90 Å². The van der Waals surface area contributed by atoms with Crippen molar-refractivity contribution >= 4 is 11.6 Å². The molecule has 0 bridgehead atoms. The molecule has 0 saturated carbocycles. The summed E-state index contributed by atoms with van der Waals surface area (Å²) in [5.74, 6) is 0.235. The second-order valence-electron chi connectivity index (χ2n) is 5.30. The molecule has 1 amide bonds. The van der Waals surface area contributed by atoms with Crippen LogP contribution in [0.4, 0.5) is 5.69 Å². The van der Waals surface area contributed by atoms with E-state index in [-0.39, 0.29) is 12.5 Å². The lowest BCUT2D eigenvalue weighted by molar-refractivity contribution is 0.0945. The molecule has 4 nitrogen and oxygen atoms in total. The fourth-order valence-corrected chi connectivity index (χ4v) is 2.02. The van der Waals surface area contributed by atoms with Crippen molar-refractivity contribution in [1.29, 1.82) is 0 Å². The van der Waals surface area contributed by atoms with E-state index in [1.807, 2.05) is 31.2 Å². The Balaban J connectivity index is 2.53. The van der Waals surface area contributed by atoms with E-state index < -0.39 is 0 Å². The number of aliphatic hydroxyl groups is 1. The molecule has 0 radical (unpaired) electrons. The van der Waals surface area contributed by atoms with Gasteiger partial charge in [-0.15, -0.1) is 0 Å². The summed E-state index contributed by atoms with van der Waals surface area (Å²) in [7, 11) is 2.05. The number of aliphatic hydroxyl groups excluding tert-OH is 1. The lowest BCUT2D eigenvalue weighted by Crippen LogP contribution is -2.28. The second-order valence-corrected chi connectivity index (χ2v) is 5.30. The third-order valence-corrected chi connectivity index (χ3v) is 3.36. The minimum absolute atomic E-state index is 0.0560. The first-order chi connectivity index (χ1) is 9.58. The average Bonchev–Trinajstić information content (AvgIpc) is 2.45. The van der Waals surface area contributed by atoms with Crippen LogP contribution in [-0.2, 0) is 0 Å². The van der Waals surface area contributed by atoms with E-state index in [1.54, 1.807) is 0 Å². The van der Waals surface area contributed by atoms with Gasteiger partial charge in [0.2, 0.25) is 0 Å². The van der Waals surface area contributed by atoms with Crippen molar-refractivity contribution in [3.05, 3.63) is 29.8 Å². The lowest BCUT2D eigenvalue weighted by atomic mass is 10.1. The molecular weight excluding hydrogens is 252 g/mol. The first-order valence-corrected chi connectivity index (χ1v) is 7.28. The monoisotopic (exact) mass is 278 g/mol. The van der Waals surface area contributed by atoms with Gasteiger partial charge in [-0.25, -0.2) is 0 Å². The van der Waals surface area contributed by atoms with Crippen LogP contribution in [0.25, 0.3) is 0 Å². The molecule has 1 atom stereocenters. The zero-order chi connectivity index (χ0) is 15.0. The summed E-state index contributed by atoms with van der Waals surface area (Å²) in [6.45, 7) is 5.92. The zero-order valence-corrected chi connectivity index (χ0v) is 12.7. The number of rotatable bonds is 8. The topological polar surface area (TPSA) is 52.6 Å². The maximum atomic E-state index is 12.0. The molecule has 0 aliphatic heterocycles. The molecule has 4 heteroatoms. The van der Waals surface area contributed by atoms with E-state index in [0.29, 0.717) is 24.4 Å². The number of carbonyl (C=O) groups excluding carboxylic acids is 1. The Morgan fingerprint density at radius 3 is 2.55 bits per heavy atom. The minimum atomic E-state index is -0.0560. The number of benzene rings is 1. The normalized spacial score (nSPS) is 12.0. The number of carbonyl (C=O) groups is 1. The molecule has 1 rings (SSSR count). The Morgan fingerprint density at radius 1 is 1.35 bits per heavy atom. The molecule has 1 unspecified atom stereocenters. The third kappa shape index (κ3) is 5.21. The van der Waals surface area contributed by atoms with Gasteiger partial charge in [-0.05, 0) is 43.0 Å². The van der Waals surface area contributed by atoms with Crippen LogP contribution in [-0.4, -0.2) is 37.8 Å². The number of hydrogen-bond acceptors (Lipinski definition) is 3. The van der Waals surface area contributed by atoms with E-state index in [1.165, 1.54) is 0 Å². The van der Waals surface area contributed by atoms with Crippen molar-refractivity contribution in [1.82, 2.24) is 5.32 Å². The Kier molecular flexibility index (Phi) is 7.09. The summed E-state index contributed by atoms with van der Waals surface area (Å²) in [6.07, 6.45) is 1.81. The molecule has 1 aromatic rings. The van der Waals surface area contributed by atoms with Crippen molar-refractivity contribution in [2.24, 2.45) is 5.92 Å². The highest BCUT2D eigenvalue weighted by Gasteiger charge is 2.08. The Labute approximate surface area is 121 Å². The van der Waals surface area contributed by atoms with Gasteiger partial charge in [0, 0.05) is 38.0 Å². The zero-order valence-electron chi connectivity index (χ0n) is 12.7. The molecule has 112 valence electrons. The predicted octanol–water partition coefficient (Wildman–Crippen LogP) is 2.28. The largest absolute Gasteiger partial charge is 0.396 e. The minimum Gasteiger partial charge on any atom is -0.396 e. The Morgan fingerprint density at radius 2 is 2.00 bits per heavy atom. The number of nitrogens with zero attached hydrogens (tertiary/aromatic N) is 1. The molecule has 1 aromatic carbocycles. The smallest absolute Gasteiger partial charge is 0.251 e. The van der Waals surface area contributed by atoms with E-state index in [9.17, 15) is 4.79 Å². The molecular formula is C16H26N2O2. The van der Waals surface area contributed by atoms with Gasteiger partial charge in [0.05, 0.1) is 0 Å². The Bertz CT molecular complexity index is 403. The summed E-state index contributed by atoms with van der Waals surface area (Å²) >= 11 is 0. The summed E-state index contributed by atoms with van der Waals surface area (Å²) in [5.41, 5.74) is 1.80. The molecule has 20 heavy (non-hydrogen) atoms. The third-order valence-electron chi connectivity index (χ3n) is 3.36. The highest BCUT2D eigenvalue weighted by atomic mass is 16.3. The van der Waals surface area contributed by atoms with E-state index in [0.717, 1.165) is 18.7 Å². The van der Waals surface area contributed by atoms with Crippen LogP contribution >= 0.6 is 0 Å². The molecule has 0 aliphatic rings. The van der Waals surface area contributed by atoms with Gasteiger partial charge in [0.15, 0.2) is 0 Å². The molecule has 0 fully saturated rings. The predicted molar refractivity (Wildman–Crippen MR) is 83.2 cm³/mol. The molecule has 0 heterocycles. The average molecular weight is 278 g/mol. The molecule has 2 N–H and O–H groups in total. The van der Waals surface area contributed by atoms with E-state index in [2.05, 4.69) is 24.2 Å². The number of amides is 1. The van der Waals surface area contributed by atoms with Gasteiger partial charge in [0.1, 0.15) is 0 Å². The van der Waals surface area contributed by atoms with Crippen molar-refractivity contribution in [2.45, 2.75) is 26.7 Å². The van der Waals surface area contributed by atoms with Crippen LogP contribution in [0.3, 0.4) is 0 Å². The van der Waals surface area contributed by atoms with Crippen molar-refractivity contribution in [3.8, 4) is 0 Å². The fraction of sp³-hybridized carbons (Fsp3) is 0.562. The van der Waals surface area contributed by atoms with Crippen LogP contribution in [0, 0.1) is 5.92 Å². The molecule has 0 spiro atoms. The summed E-state index contributed by atoms with van der Waals surface area (Å²) in [5, 5.41) is 11.7. The van der Waals surface area contributed by atoms with Gasteiger partial charge in [-0.1, -0.05) is 13.8 Å². The van der Waals surface area contributed by atoms with Crippen molar-refractivity contribution in [3.63, 3.8) is 0 Å².